The van der Waals surface area contributed by atoms with Crippen molar-refractivity contribution in [2.75, 3.05) is 19.6 Å². The largest absolute Gasteiger partial charge is 0.396 e. The maximum absolute atomic E-state index is 11.9. The Kier molecular flexibility index (Phi) is 4.75. The summed E-state index contributed by atoms with van der Waals surface area (Å²) in [5.74, 6) is -0.198. The van der Waals surface area contributed by atoms with E-state index < -0.39 is 0 Å². The lowest BCUT2D eigenvalue weighted by molar-refractivity contribution is -0.0837. The van der Waals surface area contributed by atoms with Gasteiger partial charge in [0.1, 0.15) is 12.5 Å². The normalized spacial score (nSPS) is 23.2. The van der Waals surface area contributed by atoms with Crippen LogP contribution in [-0.4, -0.2) is 42.2 Å². The fourth-order valence-electron chi connectivity index (χ4n) is 2.27. The number of nitrogens with two attached hydrogens (primary N) is 1. The molecule has 1 heterocycles. The zero-order valence-electron chi connectivity index (χ0n) is 11.0. The van der Waals surface area contributed by atoms with Gasteiger partial charge < -0.3 is 20.5 Å². The van der Waals surface area contributed by atoms with Gasteiger partial charge in [0.05, 0.1) is 18.0 Å². The smallest absolute Gasteiger partial charge is 0.271 e. The molecule has 1 aliphatic rings. The zero-order chi connectivity index (χ0) is 13.7. The molecule has 1 saturated carbocycles. The molecule has 1 aliphatic carbocycles. The molecule has 0 radical (unpaired) electrons. The summed E-state index contributed by atoms with van der Waals surface area (Å²) in [6.07, 6.45) is 5.30. The van der Waals surface area contributed by atoms with Crippen LogP contribution in [0.3, 0.4) is 0 Å². The molecule has 2 rings (SSSR count). The summed E-state index contributed by atoms with van der Waals surface area (Å²) in [6.45, 7) is 0.326. The Morgan fingerprint density at radius 2 is 2.26 bits per heavy atom. The Morgan fingerprint density at radius 1 is 1.53 bits per heavy atom. The Balaban J connectivity index is 1.77. The van der Waals surface area contributed by atoms with Crippen molar-refractivity contribution in [3.05, 3.63) is 11.9 Å². The average molecular weight is 268 g/mol. The third-order valence-electron chi connectivity index (χ3n) is 3.33. The summed E-state index contributed by atoms with van der Waals surface area (Å²) in [7, 11) is 1.61. The quantitative estimate of drug-likeness (QED) is 0.681. The number of nitrogens with zero attached hydrogens (tertiary/aromatic N) is 1. The van der Waals surface area contributed by atoms with Crippen LogP contribution in [0.4, 0.5) is 5.69 Å². The maximum atomic E-state index is 11.9. The van der Waals surface area contributed by atoms with Gasteiger partial charge in [0.2, 0.25) is 0 Å². The first-order chi connectivity index (χ1) is 9.20. The number of hydrogen-bond donors (Lipinski definition) is 3. The van der Waals surface area contributed by atoms with Crippen LogP contribution < -0.4 is 11.1 Å². The van der Waals surface area contributed by atoms with Crippen LogP contribution in [-0.2, 0) is 9.47 Å². The molecular formula is C12H20N4O3. The number of ether oxygens (including phenoxy) is 2. The van der Waals surface area contributed by atoms with E-state index >= 15 is 0 Å². The van der Waals surface area contributed by atoms with Gasteiger partial charge in [-0.05, 0) is 25.7 Å². The van der Waals surface area contributed by atoms with Crippen molar-refractivity contribution >= 4 is 11.6 Å². The molecule has 0 atom stereocenters. The van der Waals surface area contributed by atoms with Gasteiger partial charge in [0.25, 0.3) is 5.91 Å². The molecule has 0 spiro atoms. The molecule has 7 nitrogen and oxygen atoms in total. The minimum absolute atomic E-state index is 0.164. The third kappa shape index (κ3) is 3.68. The highest BCUT2D eigenvalue weighted by atomic mass is 16.7. The minimum Gasteiger partial charge on any atom is -0.396 e. The van der Waals surface area contributed by atoms with Crippen LogP contribution in [0.15, 0.2) is 6.20 Å². The summed E-state index contributed by atoms with van der Waals surface area (Å²) < 4.78 is 10.4. The lowest BCUT2D eigenvalue weighted by Gasteiger charge is -2.28. The van der Waals surface area contributed by atoms with E-state index in [1.807, 2.05) is 0 Å². The number of nitrogens with one attached hydrogen (secondary N) is 2. The second kappa shape index (κ2) is 6.53. The van der Waals surface area contributed by atoms with Crippen LogP contribution in [0, 0.1) is 0 Å². The van der Waals surface area contributed by atoms with Gasteiger partial charge in [-0.2, -0.15) is 5.10 Å². The SMILES string of the molecule is COCOC1CCC(NC(=O)c2[nH]ncc2N)CC1. The van der Waals surface area contributed by atoms with Gasteiger partial charge >= 0.3 is 0 Å². The van der Waals surface area contributed by atoms with Gasteiger partial charge in [-0.1, -0.05) is 0 Å². The van der Waals surface area contributed by atoms with Crippen molar-refractivity contribution in [2.45, 2.75) is 37.8 Å². The van der Waals surface area contributed by atoms with Crippen molar-refractivity contribution in [3.8, 4) is 0 Å². The van der Waals surface area contributed by atoms with Crippen LogP contribution in [0.25, 0.3) is 0 Å². The predicted molar refractivity (Wildman–Crippen MR) is 69.5 cm³/mol. The van der Waals surface area contributed by atoms with Crippen molar-refractivity contribution in [1.82, 2.24) is 15.5 Å². The number of carbonyl (C=O) groups is 1. The molecular weight excluding hydrogens is 248 g/mol. The Bertz CT molecular complexity index is 413. The molecule has 7 heteroatoms. The van der Waals surface area contributed by atoms with Gasteiger partial charge in [0, 0.05) is 13.2 Å². The second-order valence-electron chi connectivity index (χ2n) is 4.72. The van der Waals surface area contributed by atoms with E-state index in [4.69, 9.17) is 15.2 Å². The highest BCUT2D eigenvalue weighted by molar-refractivity contribution is 5.97. The second-order valence-corrected chi connectivity index (χ2v) is 4.72. The molecule has 4 N–H and O–H groups in total. The number of aromatic nitrogens is 2. The van der Waals surface area contributed by atoms with E-state index in [9.17, 15) is 4.79 Å². The van der Waals surface area contributed by atoms with Crippen molar-refractivity contribution in [3.63, 3.8) is 0 Å². The number of aromatic amines is 1. The van der Waals surface area contributed by atoms with E-state index in [0.29, 0.717) is 18.2 Å². The molecule has 1 amide bonds. The highest BCUT2D eigenvalue weighted by Crippen LogP contribution is 2.21. The number of rotatable bonds is 5. The number of H-pyrrole nitrogens is 1. The molecule has 0 aliphatic heterocycles. The first kappa shape index (κ1) is 13.8. The van der Waals surface area contributed by atoms with E-state index in [1.165, 1.54) is 6.20 Å². The Morgan fingerprint density at radius 3 is 2.84 bits per heavy atom. The Hall–Kier alpha value is -1.60. The Labute approximate surface area is 111 Å². The number of anilines is 1. The van der Waals surface area contributed by atoms with Crippen LogP contribution >= 0.6 is 0 Å². The van der Waals surface area contributed by atoms with E-state index in [1.54, 1.807) is 7.11 Å². The molecule has 19 heavy (non-hydrogen) atoms. The maximum Gasteiger partial charge on any atom is 0.271 e. The summed E-state index contributed by atoms with van der Waals surface area (Å²) in [6, 6.07) is 0.164. The van der Waals surface area contributed by atoms with Crippen LogP contribution in [0.5, 0.6) is 0 Å². The molecule has 1 fully saturated rings. The standard InChI is InChI=1S/C12H20N4O3/c1-18-7-19-9-4-2-8(3-5-9)15-12(17)11-10(13)6-14-16-11/h6,8-9H,2-5,7,13H2,1H3,(H,14,16)(H,15,17). The number of carbonyl (C=O) groups excluding carboxylic acids is 1. The summed E-state index contributed by atoms with van der Waals surface area (Å²) in [5.41, 5.74) is 6.34. The van der Waals surface area contributed by atoms with E-state index in [2.05, 4.69) is 15.5 Å². The highest BCUT2D eigenvalue weighted by Gasteiger charge is 2.24. The summed E-state index contributed by atoms with van der Waals surface area (Å²) >= 11 is 0. The number of nitrogen functional groups attached to an aromatic ring is 1. The molecule has 1 aromatic rings. The number of methoxy groups -OCH3 is 1. The molecule has 0 aromatic carbocycles. The monoisotopic (exact) mass is 268 g/mol. The van der Waals surface area contributed by atoms with Gasteiger partial charge in [-0.25, -0.2) is 0 Å². The van der Waals surface area contributed by atoms with Crippen molar-refractivity contribution < 1.29 is 14.3 Å². The minimum atomic E-state index is -0.198. The van der Waals surface area contributed by atoms with E-state index in [-0.39, 0.29) is 18.1 Å². The number of hydrogen-bond acceptors (Lipinski definition) is 5. The van der Waals surface area contributed by atoms with Crippen molar-refractivity contribution in [1.29, 1.82) is 0 Å². The molecule has 0 saturated heterocycles. The lowest BCUT2D eigenvalue weighted by atomic mass is 9.93. The van der Waals surface area contributed by atoms with Crippen LogP contribution in [0.2, 0.25) is 0 Å². The first-order valence-corrected chi connectivity index (χ1v) is 6.41. The predicted octanol–water partition coefficient (Wildman–Crippen LogP) is 0.653. The molecule has 0 unspecified atom stereocenters. The molecule has 106 valence electrons. The molecule has 0 bridgehead atoms. The van der Waals surface area contributed by atoms with Crippen LogP contribution in [0.1, 0.15) is 36.2 Å². The van der Waals surface area contributed by atoms with E-state index in [0.717, 1.165) is 25.7 Å². The van der Waals surface area contributed by atoms with Gasteiger partial charge in [0.15, 0.2) is 0 Å². The topological polar surface area (TPSA) is 102 Å². The van der Waals surface area contributed by atoms with Gasteiger partial charge in [-0.3, -0.25) is 9.89 Å². The summed E-state index contributed by atoms with van der Waals surface area (Å²) in [5, 5.41) is 9.30. The fourth-order valence-corrected chi connectivity index (χ4v) is 2.27. The van der Waals surface area contributed by atoms with Crippen molar-refractivity contribution in [2.24, 2.45) is 0 Å². The zero-order valence-corrected chi connectivity index (χ0v) is 11.0. The molecule has 1 aromatic heterocycles. The third-order valence-corrected chi connectivity index (χ3v) is 3.33. The first-order valence-electron chi connectivity index (χ1n) is 6.41. The summed E-state index contributed by atoms with van der Waals surface area (Å²) in [4.78, 5) is 11.9. The number of amides is 1. The fraction of sp³-hybridized carbons (Fsp3) is 0.667. The lowest BCUT2D eigenvalue weighted by Crippen LogP contribution is -2.39. The van der Waals surface area contributed by atoms with Gasteiger partial charge in [-0.15, -0.1) is 0 Å². The average Bonchev–Trinajstić information content (AvgIpc) is 2.84.